The number of benzene rings is 1. The molecule has 1 aliphatic heterocycles. The van der Waals surface area contributed by atoms with Crippen LogP contribution in [0.15, 0.2) is 54.9 Å². The molecular weight excluding hydrogens is 470 g/mol. The zero-order chi connectivity index (χ0) is 25.7. The van der Waals surface area contributed by atoms with Crippen LogP contribution in [-0.4, -0.2) is 63.7 Å². The molecule has 0 spiro atoms. The van der Waals surface area contributed by atoms with E-state index in [1.165, 1.54) is 65.2 Å². The van der Waals surface area contributed by atoms with Crippen LogP contribution in [0.3, 0.4) is 0 Å². The van der Waals surface area contributed by atoms with Gasteiger partial charge in [0.15, 0.2) is 0 Å². The Morgan fingerprint density at radius 1 is 0.974 bits per heavy atom. The lowest BCUT2D eigenvalue weighted by atomic mass is 9.90. The van der Waals surface area contributed by atoms with E-state index in [1.807, 2.05) is 6.20 Å². The first kappa shape index (κ1) is 25.5. The third kappa shape index (κ3) is 5.35. The Hall–Kier alpha value is -2.80. The molecule has 3 aromatic heterocycles. The Morgan fingerprint density at radius 2 is 1.87 bits per heavy atom. The van der Waals surface area contributed by atoms with E-state index in [4.69, 9.17) is 14.7 Å². The fraction of sp³-hybridized carbons (Fsp3) is 0.500. The first-order valence-electron chi connectivity index (χ1n) is 14.7. The van der Waals surface area contributed by atoms with Crippen molar-refractivity contribution in [3.63, 3.8) is 0 Å². The molecule has 6 nitrogen and oxygen atoms in total. The number of hydrogen-bond acceptors (Lipinski definition) is 5. The zero-order valence-electron chi connectivity index (χ0n) is 22.8. The summed E-state index contributed by atoms with van der Waals surface area (Å²) in [5.74, 6) is 0. The van der Waals surface area contributed by atoms with Crippen LogP contribution in [0.5, 0.6) is 0 Å². The van der Waals surface area contributed by atoms with Crippen LogP contribution in [0.4, 0.5) is 0 Å². The van der Waals surface area contributed by atoms with Crippen LogP contribution in [0.25, 0.3) is 21.8 Å². The SMILES string of the molecule is CCCCCN(Cc1cc2c3ccccc3n(CCN3CCOCC3)c2cn1)[C@@H]1CCCc2cccnc21. The van der Waals surface area contributed by atoms with E-state index < -0.39 is 0 Å². The molecule has 0 saturated carbocycles. The number of nitrogens with zero attached hydrogens (tertiary/aromatic N) is 5. The Labute approximate surface area is 226 Å². The molecule has 4 heterocycles. The maximum Gasteiger partial charge on any atom is 0.0678 e. The number of hydrogen-bond donors (Lipinski definition) is 0. The molecule has 0 radical (unpaired) electrons. The van der Waals surface area contributed by atoms with Crippen molar-refractivity contribution in [3.8, 4) is 0 Å². The molecule has 1 saturated heterocycles. The third-order valence-electron chi connectivity index (χ3n) is 8.48. The second-order valence-corrected chi connectivity index (χ2v) is 10.9. The summed E-state index contributed by atoms with van der Waals surface area (Å²) in [5, 5.41) is 2.65. The Morgan fingerprint density at radius 3 is 2.76 bits per heavy atom. The first-order chi connectivity index (χ1) is 18.8. The molecule has 0 amide bonds. The Balaban J connectivity index is 1.30. The molecule has 38 heavy (non-hydrogen) atoms. The summed E-state index contributed by atoms with van der Waals surface area (Å²) < 4.78 is 8.02. The van der Waals surface area contributed by atoms with Crippen molar-refractivity contribution < 1.29 is 4.74 Å². The molecule has 6 heteroatoms. The van der Waals surface area contributed by atoms with Gasteiger partial charge in [-0.2, -0.15) is 0 Å². The van der Waals surface area contributed by atoms with Gasteiger partial charge in [0, 0.05) is 55.2 Å². The molecule has 0 unspecified atom stereocenters. The Bertz CT molecular complexity index is 1360. The largest absolute Gasteiger partial charge is 0.379 e. The van der Waals surface area contributed by atoms with E-state index in [1.54, 1.807) is 0 Å². The number of ether oxygens (including phenoxy) is 1. The van der Waals surface area contributed by atoms with Crippen molar-refractivity contribution in [3.05, 3.63) is 71.8 Å². The van der Waals surface area contributed by atoms with Crippen LogP contribution >= 0.6 is 0 Å². The smallest absolute Gasteiger partial charge is 0.0678 e. The quantitative estimate of drug-likeness (QED) is 0.245. The predicted octanol–water partition coefficient (Wildman–Crippen LogP) is 5.99. The maximum absolute atomic E-state index is 5.55. The zero-order valence-corrected chi connectivity index (χ0v) is 22.8. The summed E-state index contributed by atoms with van der Waals surface area (Å²) in [6, 6.07) is 16.0. The highest BCUT2D eigenvalue weighted by Gasteiger charge is 2.27. The molecular formula is C32H41N5O. The van der Waals surface area contributed by atoms with Crippen molar-refractivity contribution >= 4 is 21.8 Å². The van der Waals surface area contributed by atoms with Crippen molar-refractivity contribution in [2.24, 2.45) is 0 Å². The molecule has 200 valence electrons. The number of aromatic nitrogens is 3. The lowest BCUT2D eigenvalue weighted by Gasteiger charge is -2.35. The topological polar surface area (TPSA) is 46.4 Å². The number of unbranched alkanes of at least 4 members (excludes halogenated alkanes) is 2. The third-order valence-corrected chi connectivity index (χ3v) is 8.48. The number of aryl methyl sites for hydroxylation is 1. The maximum atomic E-state index is 5.55. The van der Waals surface area contributed by atoms with Crippen LogP contribution in [0.1, 0.15) is 62.0 Å². The van der Waals surface area contributed by atoms with Gasteiger partial charge in [0.25, 0.3) is 0 Å². The fourth-order valence-corrected chi connectivity index (χ4v) is 6.44. The standard InChI is InChI=1S/C32H41N5O/c1-2-3-6-15-36(30-13-7-9-25-10-8-14-33-32(25)30)24-26-22-28-27-11-4-5-12-29(27)37(31(28)23-34-26)17-16-35-18-20-38-21-19-35/h4-5,8,10-12,14,22-23,30H,2-3,6-7,9,13,15-21,24H2,1H3/t30-/m1/s1. The van der Waals surface area contributed by atoms with Gasteiger partial charge in [-0.3, -0.25) is 19.8 Å². The highest BCUT2D eigenvalue weighted by Crippen LogP contribution is 2.35. The second-order valence-electron chi connectivity index (χ2n) is 10.9. The van der Waals surface area contributed by atoms with Crippen LogP contribution < -0.4 is 0 Å². The number of morpholine rings is 1. The van der Waals surface area contributed by atoms with E-state index in [-0.39, 0.29) is 0 Å². The van der Waals surface area contributed by atoms with Crippen molar-refractivity contribution in [2.45, 2.75) is 64.6 Å². The highest BCUT2D eigenvalue weighted by molar-refractivity contribution is 6.07. The van der Waals surface area contributed by atoms with E-state index in [2.05, 4.69) is 70.0 Å². The molecule has 0 N–H and O–H groups in total. The van der Waals surface area contributed by atoms with E-state index >= 15 is 0 Å². The summed E-state index contributed by atoms with van der Waals surface area (Å²) >= 11 is 0. The lowest BCUT2D eigenvalue weighted by molar-refractivity contribution is 0.0366. The fourth-order valence-electron chi connectivity index (χ4n) is 6.44. The molecule has 1 atom stereocenters. The molecule has 2 aliphatic rings. The van der Waals surface area contributed by atoms with E-state index in [0.717, 1.165) is 64.6 Å². The molecule has 4 aromatic rings. The van der Waals surface area contributed by atoms with Gasteiger partial charge >= 0.3 is 0 Å². The van der Waals surface area contributed by atoms with Crippen molar-refractivity contribution in [1.82, 2.24) is 24.3 Å². The molecule has 0 bridgehead atoms. The van der Waals surface area contributed by atoms with E-state index in [9.17, 15) is 0 Å². The highest BCUT2D eigenvalue weighted by atomic mass is 16.5. The summed E-state index contributed by atoms with van der Waals surface area (Å²) in [6.45, 7) is 9.98. The van der Waals surface area contributed by atoms with Crippen molar-refractivity contribution in [2.75, 3.05) is 39.4 Å². The molecule has 1 aliphatic carbocycles. The number of pyridine rings is 2. The van der Waals surface area contributed by atoms with Crippen LogP contribution in [0, 0.1) is 0 Å². The minimum Gasteiger partial charge on any atom is -0.379 e. The van der Waals surface area contributed by atoms with Gasteiger partial charge in [-0.15, -0.1) is 0 Å². The van der Waals surface area contributed by atoms with Crippen molar-refractivity contribution in [1.29, 1.82) is 0 Å². The normalized spacial score (nSPS) is 18.4. The molecule has 1 aromatic carbocycles. The summed E-state index contributed by atoms with van der Waals surface area (Å²) in [7, 11) is 0. The number of fused-ring (bicyclic) bond motifs is 4. The van der Waals surface area contributed by atoms with Crippen LogP contribution in [-0.2, 0) is 24.2 Å². The minimum absolute atomic E-state index is 0.379. The van der Waals surface area contributed by atoms with Gasteiger partial charge in [-0.25, -0.2) is 0 Å². The summed E-state index contributed by atoms with van der Waals surface area (Å²) in [5.41, 5.74) is 6.42. The number of rotatable bonds is 10. The average molecular weight is 512 g/mol. The average Bonchev–Trinajstić information content (AvgIpc) is 3.29. The van der Waals surface area contributed by atoms with Gasteiger partial charge in [0.1, 0.15) is 0 Å². The molecule has 1 fully saturated rings. The number of para-hydroxylation sites is 1. The van der Waals surface area contributed by atoms with Gasteiger partial charge < -0.3 is 9.30 Å². The minimum atomic E-state index is 0.379. The van der Waals surface area contributed by atoms with Gasteiger partial charge in [0.05, 0.1) is 42.4 Å². The van der Waals surface area contributed by atoms with Gasteiger partial charge in [0.2, 0.25) is 0 Å². The first-order valence-corrected chi connectivity index (χ1v) is 14.7. The molecule has 6 rings (SSSR count). The Kier molecular flexibility index (Phi) is 8.00. The lowest BCUT2D eigenvalue weighted by Crippen LogP contribution is -2.38. The van der Waals surface area contributed by atoms with Gasteiger partial charge in [-0.05, 0) is 56.0 Å². The predicted molar refractivity (Wildman–Crippen MR) is 154 cm³/mol. The second kappa shape index (κ2) is 11.9. The van der Waals surface area contributed by atoms with Gasteiger partial charge in [-0.1, -0.05) is 44.0 Å². The summed E-state index contributed by atoms with van der Waals surface area (Å²) in [6.07, 6.45) is 11.4. The summed E-state index contributed by atoms with van der Waals surface area (Å²) in [4.78, 5) is 15.1. The van der Waals surface area contributed by atoms with Crippen LogP contribution in [0.2, 0.25) is 0 Å². The van der Waals surface area contributed by atoms with E-state index in [0.29, 0.717) is 6.04 Å². The monoisotopic (exact) mass is 511 g/mol.